The average Bonchev–Trinajstić information content (AvgIpc) is 3.13. The third kappa shape index (κ3) is 3.48. The molecule has 2 saturated heterocycles. The molecule has 0 radical (unpaired) electrons. The summed E-state index contributed by atoms with van der Waals surface area (Å²) >= 11 is 3.24. The molecular weight excluding hydrogens is 406 g/mol. The van der Waals surface area contributed by atoms with E-state index in [-0.39, 0.29) is 36.9 Å². The maximum atomic E-state index is 13.3. The number of sulfonamides is 1. The van der Waals surface area contributed by atoms with Gasteiger partial charge in [0.1, 0.15) is 0 Å². The Kier molecular flexibility index (Phi) is 4.69. The maximum absolute atomic E-state index is 13.3. The highest BCUT2D eigenvalue weighted by molar-refractivity contribution is 9.10. The van der Waals surface area contributed by atoms with Crippen LogP contribution in [0.4, 0.5) is 8.78 Å². The van der Waals surface area contributed by atoms with Gasteiger partial charge in [-0.1, -0.05) is 22.0 Å². The number of hydrogen-bond donors (Lipinski definition) is 0. The first-order valence-corrected chi connectivity index (χ1v) is 9.85. The van der Waals surface area contributed by atoms with Crippen LogP contribution in [0.1, 0.15) is 12.8 Å². The molecule has 5 nitrogen and oxygen atoms in total. The van der Waals surface area contributed by atoms with E-state index in [1.54, 1.807) is 12.1 Å². The second-order valence-corrected chi connectivity index (χ2v) is 9.03. The molecule has 1 amide bonds. The Morgan fingerprint density at radius 3 is 2.67 bits per heavy atom. The van der Waals surface area contributed by atoms with Crippen molar-refractivity contribution < 1.29 is 22.0 Å². The average molecular weight is 423 g/mol. The lowest BCUT2D eigenvalue weighted by Crippen LogP contribution is -2.38. The minimum absolute atomic E-state index is 0.0285. The maximum Gasteiger partial charge on any atom is 0.267 e. The van der Waals surface area contributed by atoms with Gasteiger partial charge in [0.25, 0.3) is 5.92 Å². The fraction of sp³-hybridized carbons (Fsp3) is 0.533. The van der Waals surface area contributed by atoms with Crippen molar-refractivity contribution in [3.63, 3.8) is 0 Å². The van der Waals surface area contributed by atoms with E-state index >= 15 is 0 Å². The summed E-state index contributed by atoms with van der Waals surface area (Å²) in [5.74, 6) is -3.77. The molecule has 2 aliphatic rings. The van der Waals surface area contributed by atoms with Crippen molar-refractivity contribution >= 4 is 31.9 Å². The van der Waals surface area contributed by atoms with Crippen molar-refractivity contribution in [2.75, 3.05) is 26.2 Å². The van der Waals surface area contributed by atoms with Gasteiger partial charge < -0.3 is 4.90 Å². The Balaban J connectivity index is 1.70. The van der Waals surface area contributed by atoms with Gasteiger partial charge >= 0.3 is 0 Å². The molecule has 0 aliphatic carbocycles. The van der Waals surface area contributed by atoms with E-state index in [0.717, 1.165) is 4.90 Å². The van der Waals surface area contributed by atoms with Crippen LogP contribution in [0.2, 0.25) is 0 Å². The Bertz CT molecular complexity index is 757. The van der Waals surface area contributed by atoms with Crippen molar-refractivity contribution in [2.24, 2.45) is 5.92 Å². The largest absolute Gasteiger partial charge is 0.336 e. The molecule has 0 N–H and O–H groups in total. The molecule has 1 aromatic rings. The normalized spacial score (nSPS) is 24.5. The second kappa shape index (κ2) is 6.34. The molecule has 0 saturated carbocycles. The van der Waals surface area contributed by atoms with Crippen LogP contribution in [-0.2, 0) is 14.8 Å². The number of alkyl halides is 2. The number of nitrogens with zero attached hydrogens (tertiary/aromatic N) is 2. The summed E-state index contributed by atoms with van der Waals surface area (Å²) < 4.78 is 53.7. The van der Waals surface area contributed by atoms with Crippen molar-refractivity contribution in [3.8, 4) is 0 Å². The Morgan fingerprint density at radius 2 is 2.04 bits per heavy atom. The number of amides is 1. The number of carbonyl (C=O) groups is 1. The standard InChI is InChI=1S/C15H17BrF2N2O3S/c16-12-2-1-3-13(8-12)24(22,23)20-6-4-11(9-20)14(21)19-7-5-15(17,18)10-19/h1-3,8,11H,4-7,9-10H2. The van der Waals surface area contributed by atoms with E-state index in [9.17, 15) is 22.0 Å². The summed E-state index contributed by atoms with van der Waals surface area (Å²) in [5.41, 5.74) is 0. The summed E-state index contributed by atoms with van der Waals surface area (Å²) in [4.78, 5) is 13.7. The highest BCUT2D eigenvalue weighted by atomic mass is 79.9. The fourth-order valence-electron chi connectivity index (χ4n) is 3.11. The minimum atomic E-state index is -3.69. The van der Waals surface area contributed by atoms with E-state index in [2.05, 4.69) is 15.9 Å². The van der Waals surface area contributed by atoms with Crippen LogP contribution < -0.4 is 0 Å². The quantitative estimate of drug-likeness (QED) is 0.750. The number of likely N-dealkylation sites (tertiary alicyclic amines) is 1. The van der Waals surface area contributed by atoms with Gasteiger partial charge in [-0.25, -0.2) is 17.2 Å². The number of rotatable bonds is 3. The molecule has 2 heterocycles. The van der Waals surface area contributed by atoms with Crippen molar-refractivity contribution in [1.82, 2.24) is 9.21 Å². The molecule has 1 aromatic carbocycles. The van der Waals surface area contributed by atoms with Gasteiger partial charge in [-0.15, -0.1) is 0 Å². The smallest absolute Gasteiger partial charge is 0.267 e. The number of hydrogen-bond acceptors (Lipinski definition) is 3. The predicted molar refractivity (Wildman–Crippen MR) is 87.2 cm³/mol. The third-order valence-electron chi connectivity index (χ3n) is 4.42. The van der Waals surface area contributed by atoms with Crippen molar-refractivity contribution in [1.29, 1.82) is 0 Å². The molecule has 3 rings (SSSR count). The predicted octanol–water partition coefficient (Wildman–Crippen LogP) is 2.33. The van der Waals surface area contributed by atoms with Crippen LogP contribution in [0.3, 0.4) is 0 Å². The number of carbonyl (C=O) groups excluding carboxylic acids is 1. The molecule has 132 valence electrons. The van der Waals surface area contributed by atoms with Crippen LogP contribution in [0, 0.1) is 5.92 Å². The van der Waals surface area contributed by atoms with E-state index in [1.165, 1.54) is 16.4 Å². The third-order valence-corrected chi connectivity index (χ3v) is 6.77. The summed E-state index contributed by atoms with van der Waals surface area (Å²) in [5, 5.41) is 0. The van der Waals surface area contributed by atoms with Gasteiger partial charge in [0.2, 0.25) is 15.9 Å². The summed E-state index contributed by atoms with van der Waals surface area (Å²) in [6, 6.07) is 6.35. The van der Waals surface area contributed by atoms with Gasteiger partial charge in [-0.2, -0.15) is 4.31 Å². The zero-order valence-electron chi connectivity index (χ0n) is 12.8. The summed E-state index contributed by atoms with van der Waals surface area (Å²) in [6.07, 6.45) is 0.0274. The van der Waals surface area contributed by atoms with Gasteiger partial charge in [0.15, 0.2) is 0 Å². The lowest BCUT2D eigenvalue weighted by Gasteiger charge is -2.21. The molecule has 0 spiro atoms. The molecular formula is C15H17BrF2N2O3S. The lowest BCUT2D eigenvalue weighted by atomic mass is 10.1. The van der Waals surface area contributed by atoms with Gasteiger partial charge in [-0.05, 0) is 24.6 Å². The fourth-order valence-corrected chi connectivity index (χ4v) is 5.20. The van der Waals surface area contributed by atoms with Crippen LogP contribution >= 0.6 is 15.9 Å². The highest BCUT2D eigenvalue weighted by Gasteiger charge is 2.44. The molecule has 9 heteroatoms. The van der Waals surface area contributed by atoms with Gasteiger partial charge in [0, 0.05) is 30.5 Å². The minimum Gasteiger partial charge on any atom is -0.336 e. The topological polar surface area (TPSA) is 57.7 Å². The Labute approximate surface area is 147 Å². The number of halogens is 3. The van der Waals surface area contributed by atoms with Gasteiger partial charge in [-0.3, -0.25) is 4.79 Å². The van der Waals surface area contributed by atoms with Crippen LogP contribution in [0.25, 0.3) is 0 Å². The van der Waals surface area contributed by atoms with E-state index in [4.69, 9.17) is 0 Å². The summed E-state index contributed by atoms with van der Waals surface area (Å²) in [7, 11) is -3.69. The second-order valence-electron chi connectivity index (χ2n) is 6.17. The molecule has 2 fully saturated rings. The zero-order valence-corrected chi connectivity index (χ0v) is 15.2. The first-order valence-electron chi connectivity index (χ1n) is 7.61. The first kappa shape index (κ1) is 17.8. The molecule has 2 aliphatic heterocycles. The van der Waals surface area contributed by atoms with E-state index < -0.39 is 28.4 Å². The van der Waals surface area contributed by atoms with Gasteiger partial charge in [0.05, 0.1) is 17.4 Å². The molecule has 0 bridgehead atoms. The Hall–Kier alpha value is -1.06. The summed E-state index contributed by atoms with van der Waals surface area (Å²) in [6.45, 7) is -0.285. The zero-order chi connectivity index (χ0) is 17.5. The molecule has 1 atom stereocenters. The number of benzene rings is 1. The lowest BCUT2D eigenvalue weighted by molar-refractivity contribution is -0.135. The SMILES string of the molecule is O=C(C1CCN(S(=O)(=O)c2cccc(Br)c2)C1)N1CCC(F)(F)C1. The van der Waals surface area contributed by atoms with E-state index in [0.29, 0.717) is 10.9 Å². The molecule has 24 heavy (non-hydrogen) atoms. The highest BCUT2D eigenvalue weighted by Crippen LogP contribution is 2.31. The van der Waals surface area contributed by atoms with Crippen LogP contribution in [0.5, 0.6) is 0 Å². The van der Waals surface area contributed by atoms with Crippen molar-refractivity contribution in [3.05, 3.63) is 28.7 Å². The molecule has 0 aromatic heterocycles. The first-order chi connectivity index (χ1) is 11.2. The van der Waals surface area contributed by atoms with E-state index in [1.807, 2.05) is 0 Å². The molecule has 1 unspecified atom stereocenters. The Morgan fingerprint density at radius 1 is 1.29 bits per heavy atom. The van der Waals surface area contributed by atoms with Crippen molar-refractivity contribution in [2.45, 2.75) is 23.7 Å². The van der Waals surface area contributed by atoms with Crippen LogP contribution in [-0.4, -0.2) is 55.6 Å². The van der Waals surface area contributed by atoms with Crippen LogP contribution in [0.15, 0.2) is 33.6 Å². The monoisotopic (exact) mass is 422 g/mol.